The molecule has 6 rings (SSSR count). The highest BCUT2D eigenvalue weighted by atomic mass is 19.1. The summed E-state index contributed by atoms with van der Waals surface area (Å²) in [6.07, 6.45) is 4.39. The lowest BCUT2D eigenvalue weighted by atomic mass is 10.2. The molecule has 180 valence electrons. The van der Waals surface area contributed by atoms with E-state index in [1.807, 2.05) is 0 Å². The fourth-order valence-corrected chi connectivity index (χ4v) is 4.01. The van der Waals surface area contributed by atoms with Gasteiger partial charge in [-0.2, -0.15) is 10.1 Å². The van der Waals surface area contributed by atoms with Gasteiger partial charge in [0.1, 0.15) is 29.0 Å². The van der Waals surface area contributed by atoms with Gasteiger partial charge < -0.3 is 14.8 Å². The Kier molecular flexibility index (Phi) is 4.81. The summed E-state index contributed by atoms with van der Waals surface area (Å²) in [5.41, 5.74) is 0.828. The summed E-state index contributed by atoms with van der Waals surface area (Å²) >= 11 is 0. The number of anilines is 1. The summed E-state index contributed by atoms with van der Waals surface area (Å²) in [6.45, 7) is 3.35. The molecule has 1 aromatic carbocycles. The summed E-state index contributed by atoms with van der Waals surface area (Å²) in [5, 5.41) is 11.7. The number of benzene rings is 1. The van der Waals surface area contributed by atoms with Gasteiger partial charge in [0.25, 0.3) is 5.56 Å². The number of halogens is 2. The Morgan fingerprint density at radius 1 is 1.14 bits per heavy atom. The van der Waals surface area contributed by atoms with Gasteiger partial charge >= 0.3 is 0 Å². The quantitative estimate of drug-likeness (QED) is 0.372. The number of hydrogen-bond donors (Lipinski definition) is 2. The van der Waals surface area contributed by atoms with Crippen molar-refractivity contribution in [3.63, 3.8) is 0 Å². The van der Waals surface area contributed by atoms with Crippen LogP contribution in [-0.2, 0) is 0 Å². The number of H-pyrrole nitrogens is 1. The summed E-state index contributed by atoms with van der Waals surface area (Å²) in [7, 11) is 0. The van der Waals surface area contributed by atoms with Gasteiger partial charge in [-0.05, 0) is 25.1 Å². The number of hydrogen-bond acceptors (Lipinski definition) is 9. The third-order valence-corrected chi connectivity index (χ3v) is 5.55. The number of imidazole rings is 1. The van der Waals surface area contributed by atoms with Gasteiger partial charge in [-0.3, -0.25) is 9.36 Å². The number of aryl methyl sites for hydroxylation is 1. The number of rotatable bonds is 5. The maximum atomic E-state index is 14.2. The lowest BCUT2D eigenvalue weighted by Gasteiger charge is -2.20. The van der Waals surface area contributed by atoms with Crippen molar-refractivity contribution >= 4 is 22.5 Å². The van der Waals surface area contributed by atoms with Crippen molar-refractivity contribution in [3.05, 3.63) is 76.8 Å². The van der Waals surface area contributed by atoms with Crippen LogP contribution in [0.25, 0.3) is 33.8 Å². The van der Waals surface area contributed by atoms with E-state index in [1.54, 1.807) is 26.1 Å². The van der Waals surface area contributed by atoms with E-state index in [9.17, 15) is 13.6 Å². The van der Waals surface area contributed by atoms with Gasteiger partial charge in [-0.25, -0.2) is 28.2 Å². The minimum absolute atomic E-state index is 0.0398. The first-order valence-corrected chi connectivity index (χ1v) is 10.7. The van der Waals surface area contributed by atoms with Crippen molar-refractivity contribution in [2.45, 2.75) is 19.9 Å². The fraction of sp³-hybridized carbons (Fsp3) is 0.136. The molecular formula is C22H16F2N10O2. The maximum Gasteiger partial charge on any atom is 0.283 e. The largest absolute Gasteiger partial charge is 0.358 e. The zero-order chi connectivity index (χ0) is 25.0. The average Bonchev–Trinajstić information content (AvgIpc) is 3.57. The van der Waals surface area contributed by atoms with Crippen molar-refractivity contribution in [1.29, 1.82) is 0 Å². The molecular weight excluding hydrogens is 474 g/mol. The Bertz CT molecular complexity index is 1800. The van der Waals surface area contributed by atoms with Crippen molar-refractivity contribution in [2.24, 2.45) is 0 Å². The monoisotopic (exact) mass is 490 g/mol. The Morgan fingerprint density at radius 2 is 1.94 bits per heavy atom. The van der Waals surface area contributed by atoms with Crippen molar-refractivity contribution in [2.75, 3.05) is 5.32 Å². The minimum Gasteiger partial charge on any atom is -0.358 e. The van der Waals surface area contributed by atoms with Crippen LogP contribution in [0.5, 0.6) is 0 Å². The molecule has 12 nitrogen and oxygen atoms in total. The van der Waals surface area contributed by atoms with Gasteiger partial charge in [0.05, 0.1) is 23.6 Å². The molecule has 0 aliphatic carbocycles. The van der Waals surface area contributed by atoms with Gasteiger partial charge in [0.2, 0.25) is 11.7 Å². The van der Waals surface area contributed by atoms with Crippen LogP contribution in [0.4, 0.5) is 14.6 Å². The van der Waals surface area contributed by atoms with Crippen LogP contribution in [0.15, 0.2) is 52.4 Å². The third-order valence-electron chi connectivity index (χ3n) is 5.55. The fourth-order valence-electron chi connectivity index (χ4n) is 4.01. The Labute approximate surface area is 199 Å². The molecule has 36 heavy (non-hydrogen) atoms. The maximum absolute atomic E-state index is 14.2. The molecule has 1 atom stereocenters. The molecule has 1 unspecified atom stereocenters. The predicted molar refractivity (Wildman–Crippen MR) is 122 cm³/mol. The van der Waals surface area contributed by atoms with E-state index in [0.29, 0.717) is 28.4 Å². The van der Waals surface area contributed by atoms with Gasteiger partial charge in [-0.15, -0.1) is 0 Å². The van der Waals surface area contributed by atoms with E-state index in [0.717, 1.165) is 22.8 Å². The van der Waals surface area contributed by atoms with Crippen LogP contribution < -0.4 is 10.9 Å². The topological polar surface area (TPSA) is 145 Å². The first-order chi connectivity index (χ1) is 17.4. The van der Waals surface area contributed by atoms with Crippen molar-refractivity contribution in [3.8, 4) is 17.1 Å². The second kappa shape index (κ2) is 8.04. The molecule has 6 aromatic rings. The molecule has 0 amide bonds. The summed E-state index contributed by atoms with van der Waals surface area (Å²) in [4.78, 5) is 33.4. The second-order valence-corrected chi connectivity index (χ2v) is 7.98. The van der Waals surface area contributed by atoms with Gasteiger partial charge in [-0.1, -0.05) is 5.16 Å². The second-order valence-electron chi connectivity index (χ2n) is 7.98. The Morgan fingerprint density at radius 3 is 2.69 bits per heavy atom. The molecule has 5 heterocycles. The molecule has 0 aliphatic heterocycles. The molecule has 0 aliphatic rings. The van der Waals surface area contributed by atoms with Gasteiger partial charge in [0.15, 0.2) is 17.3 Å². The van der Waals surface area contributed by atoms with Crippen LogP contribution >= 0.6 is 0 Å². The van der Waals surface area contributed by atoms with Crippen LogP contribution in [0.3, 0.4) is 0 Å². The number of aromatic amines is 1. The van der Waals surface area contributed by atoms with Crippen LogP contribution in [0.1, 0.15) is 24.7 Å². The normalized spacial score (nSPS) is 12.4. The highest BCUT2D eigenvalue weighted by Gasteiger charge is 2.24. The van der Waals surface area contributed by atoms with E-state index < -0.39 is 23.2 Å². The summed E-state index contributed by atoms with van der Waals surface area (Å²) < 4.78 is 36.0. The van der Waals surface area contributed by atoms with E-state index >= 15 is 0 Å². The van der Waals surface area contributed by atoms with E-state index in [-0.39, 0.29) is 22.9 Å². The molecule has 0 spiro atoms. The van der Waals surface area contributed by atoms with Crippen molar-refractivity contribution < 1.29 is 13.3 Å². The molecule has 14 heteroatoms. The number of nitrogens with one attached hydrogen (secondary N) is 2. The Balaban J connectivity index is 1.57. The van der Waals surface area contributed by atoms with Crippen LogP contribution in [0.2, 0.25) is 0 Å². The summed E-state index contributed by atoms with van der Waals surface area (Å²) in [5.74, 6) is -0.617. The molecule has 2 N–H and O–H groups in total. The third kappa shape index (κ3) is 3.46. The summed E-state index contributed by atoms with van der Waals surface area (Å²) in [6, 6.07) is 3.79. The van der Waals surface area contributed by atoms with E-state index in [4.69, 9.17) is 4.52 Å². The van der Waals surface area contributed by atoms with Crippen LogP contribution in [-0.4, -0.2) is 44.3 Å². The zero-order valence-corrected chi connectivity index (χ0v) is 18.8. The number of aromatic nitrogens is 9. The van der Waals surface area contributed by atoms with Crippen molar-refractivity contribution in [1.82, 2.24) is 44.3 Å². The highest BCUT2D eigenvalue weighted by molar-refractivity contribution is 5.82. The highest BCUT2D eigenvalue weighted by Crippen LogP contribution is 2.26. The standard InChI is InChI=1S/C22H16F2N10O2/c1-10(29-20-16-19(26-8-25-16)27-9-28-20)21-31-33-4-3-15(18-30-11(2)36-32-18)17(33)22(35)34(21)14-6-12(23)5-13(24)7-14/h3-10H,1-2H3,(H2,25,26,27,28,29). The lowest BCUT2D eigenvalue weighted by molar-refractivity contribution is 0.394. The zero-order valence-electron chi connectivity index (χ0n) is 18.8. The molecule has 0 bridgehead atoms. The predicted octanol–water partition coefficient (Wildman–Crippen LogP) is 2.96. The molecule has 0 saturated heterocycles. The van der Waals surface area contributed by atoms with Gasteiger partial charge in [0, 0.05) is 19.2 Å². The first-order valence-electron chi connectivity index (χ1n) is 10.7. The molecule has 0 radical (unpaired) electrons. The SMILES string of the molecule is Cc1nc(-c2ccn3nc(C(C)Nc4ncnc5nc[nH]c45)n(-c4cc(F)cc(F)c4)c(=O)c23)no1. The smallest absolute Gasteiger partial charge is 0.283 e. The van der Waals surface area contributed by atoms with Crippen LogP contribution in [0, 0.1) is 18.6 Å². The molecule has 0 saturated carbocycles. The Hall–Kier alpha value is -5.01. The number of nitrogens with zero attached hydrogens (tertiary/aromatic N) is 8. The minimum atomic E-state index is -0.845. The lowest BCUT2D eigenvalue weighted by Crippen LogP contribution is -2.29. The van der Waals surface area contributed by atoms with E-state index in [2.05, 4.69) is 40.5 Å². The molecule has 5 aromatic heterocycles. The molecule has 0 fully saturated rings. The number of fused-ring (bicyclic) bond motifs is 2. The first kappa shape index (κ1) is 21.5. The van der Waals surface area contributed by atoms with E-state index in [1.165, 1.54) is 17.2 Å². The average molecular weight is 490 g/mol.